The van der Waals surface area contributed by atoms with Gasteiger partial charge in [0.05, 0.1) is 11.5 Å². The van der Waals surface area contributed by atoms with Crippen molar-refractivity contribution in [3.05, 3.63) is 16.0 Å². The van der Waals surface area contributed by atoms with Gasteiger partial charge in [-0.25, -0.2) is 4.79 Å². The number of hydrogen-bond donors (Lipinski definition) is 2. The first-order valence-corrected chi connectivity index (χ1v) is 10.3. The van der Waals surface area contributed by atoms with Crippen LogP contribution in [0.3, 0.4) is 0 Å². The van der Waals surface area contributed by atoms with Gasteiger partial charge < -0.3 is 20.7 Å². The quantitative estimate of drug-likeness (QED) is 0.717. The van der Waals surface area contributed by atoms with Crippen molar-refractivity contribution in [3.63, 3.8) is 0 Å². The van der Waals surface area contributed by atoms with Crippen molar-refractivity contribution in [2.75, 3.05) is 25.0 Å². The summed E-state index contributed by atoms with van der Waals surface area (Å²) in [6.07, 6.45) is 5.02. The van der Waals surface area contributed by atoms with E-state index in [1.807, 2.05) is 0 Å². The van der Waals surface area contributed by atoms with Crippen LogP contribution in [-0.2, 0) is 32.0 Å². The molecule has 1 aromatic rings. The Morgan fingerprint density at radius 1 is 1.21 bits per heavy atom. The molecule has 1 atom stereocenters. The second-order valence-electron chi connectivity index (χ2n) is 7.25. The molecule has 1 saturated heterocycles. The van der Waals surface area contributed by atoms with Gasteiger partial charge in [0.25, 0.3) is 5.91 Å². The number of rotatable bonds is 5. The van der Waals surface area contributed by atoms with Crippen LogP contribution in [0.1, 0.15) is 53.4 Å². The number of amides is 3. The van der Waals surface area contributed by atoms with E-state index in [0.717, 1.165) is 36.1 Å². The van der Waals surface area contributed by atoms with Crippen molar-refractivity contribution < 1.29 is 23.9 Å². The Hall–Kier alpha value is -2.42. The van der Waals surface area contributed by atoms with Crippen LogP contribution in [0.15, 0.2) is 0 Å². The van der Waals surface area contributed by atoms with E-state index in [2.05, 4.69) is 5.32 Å². The van der Waals surface area contributed by atoms with Crippen molar-refractivity contribution in [3.8, 4) is 0 Å². The van der Waals surface area contributed by atoms with Gasteiger partial charge in [-0.15, -0.1) is 11.3 Å². The van der Waals surface area contributed by atoms with Gasteiger partial charge in [-0.2, -0.15) is 0 Å². The fraction of sp³-hybridized carbons (Fsp3) is 0.579. The van der Waals surface area contributed by atoms with E-state index in [0.29, 0.717) is 30.0 Å². The molecule has 0 radical (unpaired) electrons. The number of fused-ring (bicyclic) bond motifs is 1. The fourth-order valence-corrected chi connectivity index (χ4v) is 5.08. The van der Waals surface area contributed by atoms with Crippen molar-refractivity contribution in [2.24, 2.45) is 11.7 Å². The number of likely N-dealkylation sites (tertiary alicyclic amines) is 1. The van der Waals surface area contributed by atoms with Crippen molar-refractivity contribution >= 4 is 40.0 Å². The van der Waals surface area contributed by atoms with Crippen molar-refractivity contribution in [1.82, 2.24) is 4.90 Å². The lowest BCUT2D eigenvalue weighted by Gasteiger charge is -2.31. The van der Waals surface area contributed by atoms with Gasteiger partial charge in [0.2, 0.25) is 11.8 Å². The maximum absolute atomic E-state index is 12.7. The molecule has 152 valence electrons. The zero-order valence-corrected chi connectivity index (χ0v) is 16.7. The van der Waals surface area contributed by atoms with Gasteiger partial charge in [0.1, 0.15) is 5.00 Å². The summed E-state index contributed by atoms with van der Waals surface area (Å²) in [5.74, 6) is -1.97. The molecule has 28 heavy (non-hydrogen) atoms. The number of carbonyl (C=O) groups excluding carboxylic acids is 4. The third kappa shape index (κ3) is 4.52. The first-order chi connectivity index (χ1) is 13.4. The predicted octanol–water partition coefficient (Wildman–Crippen LogP) is 1.47. The predicted molar refractivity (Wildman–Crippen MR) is 104 cm³/mol. The molecule has 2 heterocycles. The molecule has 3 rings (SSSR count). The number of nitrogens with two attached hydrogens (primary N) is 1. The van der Waals surface area contributed by atoms with Crippen LogP contribution in [0, 0.1) is 5.92 Å². The molecule has 3 N–H and O–H groups in total. The third-order valence-electron chi connectivity index (χ3n) is 5.17. The number of nitrogens with one attached hydrogen (secondary N) is 1. The zero-order chi connectivity index (χ0) is 20.3. The topological polar surface area (TPSA) is 119 Å². The van der Waals surface area contributed by atoms with Gasteiger partial charge in [-0.1, -0.05) is 0 Å². The summed E-state index contributed by atoms with van der Waals surface area (Å²) >= 11 is 1.40. The van der Waals surface area contributed by atoms with Gasteiger partial charge in [0.15, 0.2) is 6.61 Å². The molecule has 0 unspecified atom stereocenters. The van der Waals surface area contributed by atoms with E-state index >= 15 is 0 Å². The van der Waals surface area contributed by atoms with Crippen LogP contribution in [0.4, 0.5) is 5.00 Å². The Kier molecular flexibility index (Phi) is 6.33. The maximum Gasteiger partial charge on any atom is 0.341 e. The van der Waals surface area contributed by atoms with Crippen LogP contribution in [0.5, 0.6) is 0 Å². The second kappa shape index (κ2) is 8.72. The highest BCUT2D eigenvalue weighted by Gasteiger charge is 2.30. The summed E-state index contributed by atoms with van der Waals surface area (Å²) in [7, 11) is 0. The first kappa shape index (κ1) is 20.3. The number of aryl methyl sites for hydroxylation is 1. The molecule has 0 saturated carbocycles. The molecular formula is C19H25N3O5S. The molecule has 0 bridgehead atoms. The molecule has 1 fully saturated rings. The first-order valence-electron chi connectivity index (χ1n) is 9.53. The second-order valence-corrected chi connectivity index (χ2v) is 8.36. The summed E-state index contributed by atoms with van der Waals surface area (Å²) in [4.78, 5) is 50.6. The van der Waals surface area contributed by atoms with E-state index < -0.39 is 18.5 Å². The van der Waals surface area contributed by atoms with E-state index in [-0.39, 0.29) is 24.3 Å². The number of carbonyl (C=O) groups is 4. The Bertz CT molecular complexity index is 804. The molecule has 9 heteroatoms. The molecule has 1 aliphatic heterocycles. The van der Waals surface area contributed by atoms with Crippen LogP contribution in [-0.4, -0.2) is 48.3 Å². The van der Waals surface area contributed by atoms with Crippen molar-refractivity contribution in [1.29, 1.82) is 0 Å². The van der Waals surface area contributed by atoms with Gasteiger partial charge in [-0.3, -0.25) is 14.4 Å². The molecule has 2 aliphatic rings. The average Bonchev–Trinajstić information content (AvgIpc) is 3.03. The van der Waals surface area contributed by atoms with E-state index in [4.69, 9.17) is 10.5 Å². The average molecular weight is 407 g/mol. The summed E-state index contributed by atoms with van der Waals surface area (Å²) < 4.78 is 5.29. The van der Waals surface area contributed by atoms with Gasteiger partial charge in [-0.05, 0) is 44.1 Å². The highest BCUT2D eigenvalue weighted by atomic mass is 32.1. The lowest BCUT2D eigenvalue weighted by atomic mass is 9.95. The molecule has 0 aromatic carbocycles. The largest absolute Gasteiger partial charge is 0.452 e. The third-order valence-corrected chi connectivity index (χ3v) is 6.38. The SMILES string of the molecule is CC(=O)Nc1sc2c(c1C(=O)OCC(=O)N1CCC[C@H](C(N)=O)C1)CCCC2. The Balaban J connectivity index is 1.67. The Morgan fingerprint density at radius 2 is 1.96 bits per heavy atom. The number of thiophene rings is 1. The maximum atomic E-state index is 12.7. The highest BCUT2D eigenvalue weighted by molar-refractivity contribution is 7.17. The number of esters is 1. The smallest absolute Gasteiger partial charge is 0.341 e. The van der Waals surface area contributed by atoms with E-state index in [9.17, 15) is 19.2 Å². The molecule has 1 aliphatic carbocycles. The normalized spacial score (nSPS) is 18.9. The van der Waals surface area contributed by atoms with Crippen LogP contribution in [0.2, 0.25) is 0 Å². The monoisotopic (exact) mass is 407 g/mol. The van der Waals surface area contributed by atoms with Crippen LogP contribution >= 0.6 is 11.3 Å². The fourth-order valence-electron chi connectivity index (χ4n) is 3.76. The zero-order valence-electron chi connectivity index (χ0n) is 15.9. The molecule has 0 spiro atoms. The minimum atomic E-state index is -0.597. The molecule has 3 amide bonds. The lowest BCUT2D eigenvalue weighted by Crippen LogP contribution is -2.45. The number of nitrogens with zero attached hydrogens (tertiary/aromatic N) is 1. The summed E-state index contributed by atoms with van der Waals surface area (Å²) in [6.45, 7) is 1.78. The Labute approximate surface area is 167 Å². The minimum Gasteiger partial charge on any atom is -0.452 e. The number of hydrogen-bond acceptors (Lipinski definition) is 6. The number of anilines is 1. The van der Waals surface area contributed by atoms with Gasteiger partial charge >= 0.3 is 5.97 Å². The van der Waals surface area contributed by atoms with Crippen molar-refractivity contribution in [2.45, 2.75) is 45.4 Å². The highest BCUT2D eigenvalue weighted by Crippen LogP contribution is 2.38. The number of ether oxygens (including phenoxy) is 1. The summed E-state index contributed by atoms with van der Waals surface area (Å²) in [5.41, 5.74) is 6.63. The standard InChI is InChI=1S/C19H25N3O5S/c1-11(23)21-18-16(13-6-2-3-7-14(13)28-18)19(26)27-10-15(24)22-8-4-5-12(9-22)17(20)25/h12H,2-10H2,1H3,(H2,20,25)(H,21,23)/t12-/m0/s1. The lowest BCUT2D eigenvalue weighted by molar-refractivity contribution is -0.137. The Morgan fingerprint density at radius 3 is 2.68 bits per heavy atom. The molecular weight excluding hydrogens is 382 g/mol. The van der Waals surface area contributed by atoms with Gasteiger partial charge in [0, 0.05) is 24.9 Å². The summed E-state index contributed by atoms with van der Waals surface area (Å²) in [5, 5.41) is 3.20. The minimum absolute atomic E-state index is 0.255. The number of primary amides is 1. The van der Waals surface area contributed by atoms with E-state index in [1.54, 1.807) is 0 Å². The van der Waals surface area contributed by atoms with Crippen LogP contribution in [0.25, 0.3) is 0 Å². The van der Waals surface area contributed by atoms with E-state index in [1.165, 1.54) is 23.2 Å². The number of piperidine rings is 1. The molecule has 1 aromatic heterocycles. The van der Waals surface area contributed by atoms with Crippen LogP contribution < -0.4 is 11.1 Å². The molecule has 8 nitrogen and oxygen atoms in total. The summed E-state index contributed by atoms with van der Waals surface area (Å²) in [6, 6.07) is 0.